The molecule has 4 heterocycles. The van der Waals surface area contributed by atoms with E-state index in [1.54, 1.807) is 15.9 Å². The summed E-state index contributed by atoms with van der Waals surface area (Å²) in [4.78, 5) is 44.9. The molecule has 2 fully saturated rings. The second-order valence-electron chi connectivity index (χ2n) is 10.2. The molecule has 8 nitrogen and oxygen atoms in total. The zero-order valence-corrected chi connectivity index (χ0v) is 21.7. The molecule has 1 aromatic carbocycles. The highest BCUT2D eigenvalue weighted by atomic mass is 35.5. The number of cyclic esters (lactones) is 1. The van der Waals surface area contributed by atoms with Crippen LogP contribution in [0.25, 0.3) is 0 Å². The van der Waals surface area contributed by atoms with E-state index in [-0.39, 0.29) is 31.6 Å². The molecule has 1 N–H and O–H groups in total. The van der Waals surface area contributed by atoms with Crippen molar-refractivity contribution < 1.29 is 29.0 Å². The number of amides is 2. The van der Waals surface area contributed by atoms with Gasteiger partial charge in [-0.3, -0.25) is 14.4 Å². The minimum Gasteiger partial charge on any atom is -0.465 e. The monoisotopic (exact) mass is 528 g/mol. The number of likely N-dealkylation sites (tertiary alicyclic amines) is 1. The van der Waals surface area contributed by atoms with Gasteiger partial charge in [-0.2, -0.15) is 0 Å². The van der Waals surface area contributed by atoms with E-state index in [0.29, 0.717) is 42.9 Å². The minimum atomic E-state index is -1.30. The van der Waals surface area contributed by atoms with Gasteiger partial charge in [-0.25, -0.2) is 0 Å². The molecule has 0 bridgehead atoms. The van der Waals surface area contributed by atoms with E-state index in [0.717, 1.165) is 12.0 Å². The Bertz CT molecular complexity index is 1120. The summed E-state index contributed by atoms with van der Waals surface area (Å²) < 4.78 is 12.2. The van der Waals surface area contributed by atoms with Crippen LogP contribution in [0.2, 0.25) is 5.02 Å². The summed E-state index contributed by atoms with van der Waals surface area (Å²) >= 11 is 6.56. The molecule has 4 aliphatic rings. The number of nitrogens with zero attached hydrogens (tertiary/aromatic N) is 2. The summed E-state index contributed by atoms with van der Waals surface area (Å²) in [5.74, 6) is -2.73. The molecule has 1 spiro atoms. The van der Waals surface area contributed by atoms with Gasteiger partial charge in [0.15, 0.2) is 0 Å². The van der Waals surface area contributed by atoms with Gasteiger partial charge < -0.3 is 24.4 Å². The summed E-state index contributed by atoms with van der Waals surface area (Å²) in [6.45, 7) is 2.83. The van der Waals surface area contributed by atoms with E-state index in [9.17, 15) is 19.5 Å². The molecule has 0 radical (unpaired) electrons. The molecular formula is C28H33ClN2O6. The average molecular weight is 529 g/mol. The molecule has 198 valence electrons. The molecule has 2 saturated heterocycles. The normalized spacial score (nSPS) is 32.1. The Morgan fingerprint density at radius 3 is 2.76 bits per heavy atom. The second-order valence-corrected chi connectivity index (χ2v) is 10.6. The number of hydrogen-bond acceptors (Lipinski definition) is 6. The van der Waals surface area contributed by atoms with Gasteiger partial charge in [-0.1, -0.05) is 48.0 Å². The summed E-state index contributed by atoms with van der Waals surface area (Å²) in [5, 5.41) is 9.66. The predicted octanol–water partition coefficient (Wildman–Crippen LogP) is 3.19. The molecular weight excluding hydrogens is 496 g/mol. The quantitative estimate of drug-likeness (QED) is 0.346. The molecule has 0 saturated carbocycles. The number of esters is 1. The molecule has 9 heteroatoms. The highest BCUT2D eigenvalue weighted by Crippen LogP contribution is 2.53. The van der Waals surface area contributed by atoms with Crippen LogP contribution in [-0.4, -0.2) is 71.8 Å². The van der Waals surface area contributed by atoms with Crippen molar-refractivity contribution in [1.29, 1.82) is 0 Å². The number of halogens is 1. The van der Waals surface area contributed by atoms with Gasteiger partial charge in [0, 0.05) is 19.7 Å². The lowest BCUT2D eigenvalue weighted by Crippen LogP contribution is -2.55. The number of allylic oxidation sites excluding steroid dienone is 1. The number of aliphatic hydroxyl groups is 1. The summed E-state index contributed by atoms with van der Waals surface area (Å²) in [6.07, 6.45) is 10.2. The van der Waals surface area contributed by atoms with Crippen LogP contribution in [0.3, 0.4) is 0 Å². The SMILES string of the molecule is Cc1cccc(Cl)c1N1CC=C[C@]23O[C@H]4/C=C\CCCOC(=O)[C@H]4[C@H]2C(=O)N(CCCCCO)C3C1=O. The van der Waals surface area contributed by atoms with Crippen molar-refractivity contribution in [2.45, 2.75) is 56.8 Å². The number of aryl methyl sites for hydroxylation is 1. The Morgan fingerprint density at radius 1 is 1.14 bits per heavy atom. The minimum absolute atomic E-state index is 0.0657. The van der Waals surface area contributed by atoms with Gasteiger partial charge >= 0.3 is 5.97 Å². The third kappa shape index (κ3) is 4.39. The Balaban J connectivity index is 1.59. The second kappa shape index (κ2) is 10.6. The summed E-state index contributed by atoms with van der Waals surface area (Å²) in [7, 11) is 0. The summed E-state index contributed by atoms with van der Waals surface area (Å²) in [6, 6.07) is 4.52. The van der Waals surface area contributed by atoms with Crippen LogP contribution in [-0.2, 0) is 23.9 Å². The fraction of sp³-hybridized carbons (Fsp3) is 0.536. The molecule has 2 amide bonds. The van der Waals surface area contributed by atoms with E-state index in [2.05, 4.69) is 0 Å². The lowest BCUT2D eigenvalue weighted by Gasteiger charge is -2.36. The van der Waals surface area contributed by atoms with E-state index < -0.39 is 35.6 Å². The number of fused-ring (bicyclic) bond motifs is 2. The van der Waals surface area contributed by atoms with Gasteiger partial charge in [0.25, 0.3) is 5.91 Å². The fourth-order valence-corrected chi connectivity index (χ4v) is 6.55. The first-order valence-electron chi connectivity index (χ1n) is 13.1. The number of carbonyl (C=O) groups excluding carboxylic acids is 3. The number of carbonyl (C=O) groups is 3. The zero-order valence-electron chi connectivity index (χ0n) is 21.0. The molecule has 1 aromatic rings. The van der Waals surface area contributed by atoms with Crippen LogP contribution in [0, 0.1) is 18.8 Å². The highest BCUT2D eigenvalue weighted by molar-refractivity contribution is 6.34. The van der Waals surface area contributed by atoms with Crippen molar-refractivity contribution in [1.82, 2.24) is 4.90 Å². The van der Waals surface area contributed by atoms with Gasteiger partial charge in [0.2, 0.25) is 5.91 Å². The number of para-hydroxylation sites is 1. The zero-order chi connectivity index (χ0) is 26.2. The van der Waals surface area contributed by atoms with Crippen LogP contribution in [0.5, 0.6) is 0 Å². The first-order chi connectivity index (χ1) is 17.9. The number of ether oxygens (including phenoxy) is 2. The lowest BCUT2D eigenvalue weighted by atomic mass is 9.78. The van der Waals surface area contributed by atoms with Crippen LogP contribution < -0.4 is 4.90 Å². The first kappa shape index (κ1) is 25.9. The van der Waals surface area contributed by atoms with Crippen molar-refractivity contribution in [3.63, 3.8) is 0 Å². The van der Waals surface area contributed by atoms with Crippen molar-refractivity contribution in [3.05, 3.63) is 53.1 Å². The number of hydrogen-bond donors (Lipinski definition) is 1. The molecule has 5 rings (SSSR count). The van der Waals surface area contributed by atoms with E-state index in [4.69, 9.17) is 21.1 Å². The third-order valence-corrected chi connectivity index (χ3v) is 8.17. The molecule has 4 aliphatic heterocycles. The van der Waals surface area contributed by atoms with Crippen molar-refractivity contribution in [3.8, 4) is 0 Å². The topological polar surface area (TPSA) is 96.4 Å². The standard InChI is InChI=1S/C28H33ClN2O6/c1-18-10-8-11-19(29)23(18)30-15-9-13-28-22(21-20(37-28)12-4-2-7-17-36-27(21)35)25(33)31(24(28)26(30)34)14-5-3-6-16-32/h4,8-13,20-22,24,32H,2-3,5-7,14-17H2,1H3/b12-4-/t20-,21+,22-,24?,28-/m0/s1. The molecule has 5 atom stereocenters. The average Bonchev–Trinajstić information content (AvgIpc) is 3.28. The fourth-order valence-electron chi connectivity index (χ4n) is 6.23. The van der Waals surface area contributed by atoms with Gasteiger partial charge in [-0.15, -0.1) is 0 Å². The van der Waals surface area contributed by atoms with Gasteiger partial charge in [0.1, 0.15) is 17.6 Å². The Morgan fingerprint density at radius 2 is 1.97 bits per heavy atom. The Hall–Kier alpha value is -2.68. The lowest BCUT2D eigenvalue weighted by molar-refractivity contribution is -0.154. The number of unbranched alkanes of at least 4 members (excludes halogenated alkanes) is 2. The van der Waals surface area contributed by atoms with Crippen molar-refractivity contribution in [2.75, 3.05) is 31.2 Å². The van der Waals surface area contributed by atoms with Crippen LogP contribution in [0.15, 0.2) is 42.5 Å². The van der Waals surface area contributed by atoms with Crippen molar-refractivity contribution in [2.24, 2.45) is 11.8 Å². The van der Waals surface area contributed by atoms with Crippen LogP contribution >= 0.6 is 11.6 Å². The smallest absolute Gasteiger partial charge is 0.312 e. The Kier molecular flexibility index (Phi) is 7.43. The maximum atomic E-state index is 14.4. The first-order valence-corrected chi connectivity index (χ1v) is 13.4. The number of aliphatic hydroxyl groups excluding tert-OH is 1. The predicted molar refractivity (Wildman–Crippen MR) is 138 cm³/mol. The maximum absolute atomic E-state index is 14.4. The number of benzene rings is 1. The molecule has 1 unspecified atom stereocenters. The van der Waals surface area contributed by atoms with Crippen LogP contribution in [0.1, 0.15) is 37.7 Å². The van der Waals surface area contributed by atoms with Crippen molar-refractivity contribution >= 4 is 35.1 Å². The largest absolute Gasteiger partial charge is 0.465 e. The Labute approximate surface area is 221 Å². The summed E-state index contributed by atoms with van der Waals surface area (Å²) in [5.41, 5.74) is 0.150. The van der Waals surface area contributed by atoms with Gasteiger partial charge in [-0.05, 0) is 50.7 Å². The molecule has 37 heavy (non-hydrogen) atoms. The molecule has 0 aromatic heterocycles. The van der Waals surface area contributed by atoms with Gasteiger partial charge in [0.05, 0.1) is 29.3 Å². The van der Waals surface area contributed by atoms with E-state index >= 15 is 0 Å². The van der Waals surface area contributed by atoms with E-state index in [1.165, 1.54) is 0 Å². The maximum Gasteiger partial charge on any atom is 0.312 e. The van der Waals surface area contributed by atoms with Crippen LogP contribution in [0.4, 0.5) is 5.69 Å². The third-order valence-electron chi connectivity index (χ3n) is 7.87. The van der Waals surface area contributed by atoms with E-state index in [1.807, 2.05) is 43.4 Å². The number of anilines is 1. The highest BCUT2D eigenvalue weighted by Gasteiger charge is 2.71. The number of rotatable bonds is 6. The molecule has 0 aliphatic carbocycles.